The molecule has 1 aromatic carbocycles. The maximum atomic E-state index is 13.3. The molecule has 0 aliphatic carbocycles. The van der Waals surface area contributed by atoms with Crippen LogP contribution in [0.2, 0.25) is 0 Å². The summed E-state index contributed by atoms with van der Waals surface area (Å²) in [4.78, 5) is 26.0. The second-order valence-electron chi connectivity index (χ2n) is 8.24. The zero-order valence-electron chi connectivity index (χ0n) is 20.9. The molecule has 3 aromatic heterocycles. The van der Waals surface area contributed by atoms with E-state index in [1.165, 1.54) is 24.3 Å². The number of carbonyl (C=O) groups is 1. The first-order valence-electron chi connectivity index (χ1n) is 11.7. The van der Waals surface area contributed by atoms with E-state index in [1.54, 1.807) is 25.6 Å². The van der Waals surface area contributed by atoms with E-state index in [-0.39, 0.29) is 23.9 Å². The van der Waals surface area contributed by atoms with Gasteiger partial charge in [0, 0.05) is 30.6 Å². The lowest BCUT2D eigenvalue weighted by molar-refractivity contribution is 0.0738. The van der Waals surface area contributed by atoms with Crippen LogP contribution in [0.5, 0.6) is 0 Å². The first kappa shape index (κ1) is 26.9. The van der Waals surface area contributed by atoms with Gasteiger partial charge in [-0.1, -0.05) is 12.1 Å². The van der Waals surface area contributed by atoms with E-state index in [0.29, 0.717) is 41.2 Å². The van der Waals surface area contributed by atoms with Gasteiger partial charge < -0.3 is 14.6 Å². The van der Waals surface area contributed by atoms with E-state index in [2.05, 4.69) is 19.7 Å². The Morgan fingerprint density at radius 3 is 2.47 bits per heavy atom. The van der Waals surface area contributed by atoms with E-state index in [1.807, 2.05) is 31.2 Å². The number of anilines is 2. The summed E-state index contributed by atoms with van der Waals surface area (Å²) in [7, 11) is -2.54. The van der Waals surface area contributed by atoms with E-state index in [0.717, 1.165) is 10.5 Å². The lowest BCUT2D eigenvalue weighted by Crippen LogP contribution is -2.32. The minimum atomic E-state index is -4.08. The molecular weight excluding hydrogens is 510 g/mol. The van der Waals surface area contributed by atoms with Crippen LogP contribution in [-0.2, 0) is 19.5 Å². The lowest BCUT2D eigenvalue weighted by atomic mass is 10.1. The highest BCUT2D eigenvalue weighted by Crippen LogP contribution is 2.29. The molecule has 0 saturated carbocycles. The predicted molar refractivity (Wildman–Crippen MR) is 143 cm³/mol. The van der Waals surface area contributed by atoms with E-state index in [4.69, 9.17) is 9.47 Å². The van der Waals surface area contributed by atoms with Gasteiger partial charge in [-0.25, -0.2) is 18.2 Å². The van der Waals surface area contributed by atoms with Crippen LogP contribution in [0.1, 0.15) is 5.56 Å². The number of nitrogens with one attached hydrogen (secondary N) is 1. The highest BCUT2D eigenvalue weighted by Gasteiger charge is 2.21. The smallest absolute Gasteiger partial charge is 0.411 e. The highest BCUT2D eigenvalue weighted by atomic mass is 32.2. The summed E-state index contributed by atoms with van der Waals surface area (Å²) in [6.45, 7) is 2.87. The molecular formula is C26H27N5O6S. The van der Waals surface area contributed by atoms with Crippen molar-refractivity contribution in [3.8, 4) is 11.4 Å². The SMILES string of the molecule is COCCOCCN(C(=O)O)c1ccc(S(=O)(=O)Nc2nc(-c3ncccc3C)cc3cccnc23)cc1. The Morgan fingerprint density at radius 1 is 1.03 bits per heavy atom. The number of rotatable bonds is 11. The summed E-state index contributed by atoms with van der Waals surface area (Å²) < 4.78 is 39.4. The summed E-state index contributed by atoms with van der Waals surface area (Å²) in [6, 6.07) is 14.6. The second-order valence-corrected chi connectivity index (χ2v) is 9.92. The maximum Gasteiger partial charge on any atom is 0.411 e. The van der Waals surface area contributed by atoms with Gasteiger partial charge in [0.05, 0.1) is 42.6 Å². The molecule has 0 radical (unpaired) electrons. The zero-order chi connectivity index (χ0) is 27.1. The molecule has 0 aliphatic heterocycles. The molecule has 4 aromatic rings. The Kier molecular flexibility index (Phi) is 8.46. The molecule has 0 bridgehead atoms. The Bertz CT molecular complexity index is 1530. The standard InChI is InChI=1S/C26H27N5O6S/c1-18-5-3-11-27-23(18)22-17-19-6-4-12-28-24(19)25(29-22)30-38(34,35)21-9-7-20(8-10-21)31(26(32)33)13-14-37-16-15-36-2/h3-12,17H,13-16H2,1-2H3,(H,29,30)(H,32,33). The molecule has 0 unspecified atom stereocenters. The summed E-state index contributed by atoms with van der Waals surface area (Å²) in [5.74, 6) is 0.0626. The monoisotopic (exact) mass is 537 g/mol. The van der Waals surface area contributed by atoms with Crippen LogP contribution in [0.3, 0.4) is 0 Å². The molecule has 11 nitrogen and oxygen atoms in total. The van der Waals surface area contributed by atoms with Crippen LogP contribution in [-0.4, -0.2) is 68.0 Å². The quantitative estimate of drug-likeness (QED) is 0.272. The minimum absolute atomic E-state index is 0.0618. The number of methoxy groups -OCH3 is 1. The molecule has 38 heavy (non-hydrogen) atoms. The molecule has 0 spiro atoms. The number of carboxylic acid groups (broad SMARTS) is 1. The summed E-state index contributed by atoms with van der Waals surface area (Å²) in [5, 5.41) is 10.3. The molecule has 0 aliphatic rings. The van der Waals surface area contributed by atoms with Gasteiger partial charge in [-0.05, 0) is 55.0 Å². The van der Waals surface area contributed by atoms with Gasteiger partial charge in [0.15, 0.2) is 5.82 Å². The largest absolute Gasteiger partial charge is 0.465 e. The molecule has 4 rings (SSSR count). The molecule has 1 amide bonds. The van der Waals surface area contributed by atoms with Gasteiger partial charge in [-0.3, -0.25) is 19.6 Å². The molecule has 2 N–H and O–H groups in total. The number of amides is 1. The fourth-order valence-corrected chi connectivity index (χ4v) is 4.77. The normalized spacial score (nSPS) is 11.4. The van der Waals surface area contributed by atoms with Crippen molar-refractivity contribution in [3.05, 3.63) is 72.6 Å². The van der Waals surface area contributed by atoms with Gasteiger partial charge in [0.1, 0.15) is 5.52 Å². The van der Waals surface area contributed by atoms with Crippen molar-refractivity contribution < 1.29 is 27.8 Å². The molecule has 0 saturated heterocycles. The number of pyridine rings is 3. The number of hydrogen-bond donors (Lipinski definition) is 2. The van der Waals surface area contributed by atoms with Crippen molar-refractivity contribution in [1.82, 2.24) is 15.0 Å². The predicted octanol–water partition coefficient (Wildman–Crippen LogP) is 3.95. The van der Waals surface area contributed by atoms with Crippen LogP contribution in [0, 0.1) is 6.92 Å². The first-order valence-corrected chi connectivity index (χ1v) is 13.2. The topological polar surface area (TPSA) is 144 Å². The second kappa shape index (κ2) is 11.9. The van der Waals surface area contributed by atoms with Crippen molar-refractivity contribution in [1.29, 1.82) is 0 Å². The third-order valence-corrected chi connectivity index (χ3v) is 7.01. The van der Waals surface area contributed by atoms with Gasteiger partial charge in [0.2, 0.25) is 0 Å². The fraction of sp³-hybridized carbons (Fsp3) is 0.231. The number of aryl methyl sites for hydroxylation is 1. The number of ether oxygens (including phenoxy) is 2. The number of hydrogen-bond acceptors (Lipinski definition) is 8. The number of aromatic nitrogens is 3. The molecule has 3 heterocycles. The fourth-order valence-electron chi connectivity index (χ4n) is 3.76. The molecule has 12 heteroatoms. The summed E-state index contributed by atoms with van der Waals surface area (Å²) >= 11 is 0. The van der Waals surface area contributed by atoms with Gasteiger partial charge in [0.25, 0.3) is 10.0 Å². The van der Waals surface area contributed by atoms with Gasteiger partial charge in [-0.15, -0.1) is 0 Å². The van der Waals surface area contributed by atoms with E-state index in [9.17, 15) is 18.3 Å². The Morgan fingerprint density at radius 2 is 1.76 bits per heavy atom. The first-order chi connectivity index (χ1) is 18.3. The van der Waals surface area contributed by atoms with Crippen molar-refractivity contribution in [2.45, 2.75) is 11.8 Å². The maximum absolute atomic E-state index is 13.3. The molecule has 0 atom stereocenters. The van der Waals surface area contributed by atoms with E-state index < -0.39 is 16.1 Å². The summed E-state index contributed by atoms with van der Waals surface area (Å²) in [6.07, 6.45) is 2.02. The summed E-state index contributed by atoms with van der Waals surface area (Å²) in [5.41, 5.74) is 2.71. The minimum Gasteiger partial charge on any atom is -0.465 e. The van der Waals surface area contributed by atoms with Crippen LogP contribution in [0.15, 0.2) is 71.9 Å². The number of benzene rings is 1. The van der Waals surface area contributed by atoms with Crippen molar-refractivity contribution in [3.63, 3.8) is 0 Å². The average Bonchev–Trinajstić information content (AvgIpc) is 2.90. The Labute approximate surface area is 220 Å². The Hall–Kier alpha value is -4.13. The van der Waals surface area contributed by atoms with Crippen molar-refractivity contribution in [2.24, 2.45) is 0 Å². The van der Waals surface area contributed by atoms with Crippen molar-refractivity contribution in [2.75, 3.05) is 43.1 Å². The molecule has 0 fully saturated rings. The van der Waals surface area contributed by atoms with Crippen LogP contribution >= 0.6 is 0 Å². The number of fused-ring (bicyclic) bond motifs is 1. The van der Waals surface area contributed by atoms with Crippen LogP contribution in [0.25, 0.3) is 22.3 Å². The van der Waals surface area contributed by atoms with Crippen molar-refractivity contribution >= 4 is 38.5 Å². The number of sulfonamides is 1. The average molecular weight is 538 g/mol. The van der Waals surface area contributed by atoms with Gasteiger partial charge >= 0.3 is 6.09 Å². The highest BCUT2D eigenvalue weighted by molar-refractivity contribution is 7.92. The van der Waals surface area contributed by atoms with Gasteiger partial charge in [-0.2, -0.15) is 0 Å². The zero-order valence-corrected chi connectivity index (χ0v) is 21.7. The molecule has 198 valence electrons. The van der Waals surface area contributed by atoms with Crippen LogP contribution < -0.4 is 9.62 Å². The Balaban J connectivity index is 1.60. The van der Waals surface area contributed by atoms with Crippen LogP contribution in [0.4, 0.5) is 16.3 Å². The third-order valence-electron chi connectivity index (χ3n) is 5.65. The van der Waals surface area contributed by atoms with E-state index >= 15 is 0 Å². The third kappa shape index (κ3) is 6.22. The number of nitrogens with zero attached hydrogens (tertiary/aromatic N) is 4. The lowest BCUT2D eigenvalue weighted by Gasteiger charge is -2.19.